The van der Waals surface area contributed by atoms with Gasteiger partial charge in [-0.25, -0.2) is 13.6 Å². The zero-order chi connectivity index (χ0) is 23.3. The van der Waals surface area contributed by atoms with Crippen molar-refractivity contribution in [2.45, 2.75) is 47.5 Å². The third-order valence-electron chi connectivity index (χ3n) is 5.55. The van der Waals surface area contributed by atoms with E-state index in [-0.39, 0.29) is 40.2 Å². The van der Waals surface area contributed by atoms with Crippen LogP contribution in [0, 0.1) is 23.0 Å². The maximum Gasteiger partial charge on any atom is 0.339 e. The second kappa shape index (κ2) is 9.86. The summed E-state index contributed by atoms with van der Waals surface area (Å²) in [5.74, 6) is -3.48. The van der Waals surface area contributed by atoms with Crippen molar-refractivity contribution < 1.29 is 28.2 Å². The Morgan fingerprint density at radius 2 is 1.84 bits per heavy atom. The molecule has 2 rings (SSSR count). The fraction of sp³-hybridized carbons (Fsp3) is 0.360. The highest BCUT2D eigenvalue weighted by molar-refractivity contribution is 5.93. The lowest BCUT2D eigenvalue weighted by molar-refractivity contribution is -0.135. The molecule has 0 spiro atoms. The van der Waals surface area contributed by atoms with E-state index in [9.17, 15) is 23.5 Å². The monoisotopic (exact) mass is 430 g/mol. The van der Waals surface area contributed by atoms with Crippen LogP contribution in [0.15, 0.2) is 48.0 Å². The summed E-state index contributed by atoms with van der Waals surface area (Å²) in [5, 5.41) is 9.53. The van der Waals surface area contributed by atoms with Crippen LogP contribution in [-0.4, -0.2) is 17.0 Å². The van der Waals surface area contributed by atoms with Gasteiger partial charge in [0, 0.05) is 18.1 Å². The molecule has 6 heteroatoms. The first-order chi connectivity index (χ1) is 14.4. The fourth-order valence-electron chi connectivity index (χ4n) is 3.62. The Hall–Kier alpha value is -3.02. The summed E-state index contributed by atoms with van der Waals surface area (Å²) in [5.41, 5.74) is 1.18. The van der Waals surface area contributed by atoms with E-state index < -0.39 is 23.6 Å². The van der Waals surface area contributed by atoms with Gasteiger partial charge >= 0.3 is 11.9 Å². The molecule has 1 atom stereocenters. The summed E-state index contributed by atoms with van der Waals surface area (Å²) in [6.07, 6.45) is 2.95. The molecule has 0 bridgehead atoms. The van der Waals surface area contributed by atoms with E-state index in [1.54, 1.807) is 0 Å². The highest BCUT2D eigenvalue weighted by atomic mass is 19.1. The van der Waals surface area contributed by atoms with Crippen molar-refractivity contribution in [3.8, 4) is 16.9 Å². The van der Waals surface area contributed by atoms with Gasteiger partial charge in [-0.05, 0) is 61.4 Å². The Kier molecular flexibility index (Phi) is 7.71. The molecule has 4 nitrogen and oxygen atoms in total. The molecule has 0 aromatic heterocycles. The van der Waals surface area contributed by atoms with E-state index >= 15 is 0 Å². The molecule has 0 amide bonds. The summed E-state index contributed by atoms with van der Waals surface area (Å²) in [6.45, 7) is 10.2. The molecule has 0 fully saturated rings. The summed E-state index contributed by atoms with van der Waals surface area (Å²) < 4.78 is 32.5. The highest BCUT2D eigenvalue weighted by Gasteiger charge is 2.25. The number of carbonyl (C=O) groups excluding carboxylic acids is 1. The van der Waals surface area contributed by atoms with E-state index in [1.807, 2.05) is 13.8 Å². The molecule has 1 N–H and O–H groups in total. The number of ether oxygens (including phenoxy) is 1. The van der Waals surface area contributed by atoms with E-state index in [1.165, 1.54) is 29.8 Å². The van der Waals surface area contributed by atoms with E-state index in [0.717, 1.165) is 18.6 Å². The molecule has 0 aliphatic rings. The Morgan fingerprint density at radius 3 is 2.42 bits per heavy atom. The van der Waals surface area contributed by atoms with Crippen LogP contribution in [0.3, 0.4) is 0 Å². The van der Waals surface area contributed by atoms with Crippen molar-refractivity contribution in [2.75, 3.05) is 0 Å². The number of allylic oxidation sites excluding steroid dienone is 2. The van der Waals surface area contributed by atoms with Gasteiger partial charge in [0.15, 0.2) is 0 Å². The minimum absolute atomic E-state index is 0.0262. The minimum Gasteiger partial charge on any atom is -0.478 e. The van der Waals surface area contributed by atoms with Gasteiger partial charge in [-0.1, -0.05) is 38.5 Å². The summed E-state index contributed by atoms with van der Waals surface area (Å²) in [7, 11) is 0. The average molecular weight is 430 g/mol. The number of hydrogen-bond acceptors (Lipinski definition) is 3. The zero-order valence-corrected chi connectivity index (χ0v) is 18.5. The van der Waals surface area contributed by atoms with Gasteiger partial charge in [0.2, 0.25) is 0 Å². The van der Waals surface area contributed by atoms with Crippen LogP contribution in [-0.2, 0) is 4.79 Å². The van der Waals surface area contributed by atoms with Crippen LogP contribution < -0.4 is 4.74 Å². The van der Waals surface area contributed by atoms with Gasteiger partial charge in [-0.2, -0.15) is 0 Å². The number of aromatic carboxylic acids is 1. The topological polar surface area (TPSA) is 63.6 Å². The molecule has 0 saturated heterocycles. The normalized spacial score (nSPS) is 13.1. The number of carbonyl (C=O) groups is 2. The molecule has 31 heavy (non-hydrogen) atoms. The number of halogens is 2. The van der Waals surface area contributed by atoms with Gasteiger partial charge in [0.25, 0.3) is 0 Å². The third-order valence-corrected chi connectivity index (χ3v) is 5.55. The van der Waals surface area contributed by atoms with Crippen LogP contribution in [0.5, 0.6) is 5.75 Å². The molecule has 0 aliphatic heterocycles. The van der Waals surface area contributed by atoms with E-state index in [4.69, 9.17) is 4.74 Å². The quantitative estimate of drug-likeness (QED) is 0.289. The second-order valence-electron chi connectivity index (χ2n) is 8.48. The van der Waals surface area contributed by atoms with Crippen molar-refractivity contribution in [2.24, 2.45) is 11.3 Å². The van der Waals surface area contributed by atoms with Crippen LogP contribution >= 0.6 is 0 Å². The Balaban J connectivity index is 2.19. The summed E-state index contributed by atoms with van der Waals surface area (Å²) in [6, 6.07) is 7.01. The molecule has 166 valence electrons. The lowest BCUT2D eigenvalue weighted by Crippen LogP contribution is -2.21. The Morgan fingerprint density at radius 1 is 1.16 bits per heavy atom. The van der Waals surface area contributed by atoms with Gasteiger partial charge in [0.1, 0.15) is 22.9 Å². The number of rotatable bonds is 8. The smallest absolute Gasteiger partial charge is 0.339 e. The van der Waals surface area contributed by atoms with Gasteiger partial charge in [-0.15, -0.1) is 0 Å². The number of benzene rings is 2. The Bertz CT molecular complexity index is 1010. The van der Waals surface area contributed by atoms with Crippen molar-refractivity contribution in [1.29, 1.82) is 0 Å². The molecular weight excluding hydrogens is 402 g/mol. The molecule has 0 radical (unpaired) electrons. The van der Waals surface area contributed by atoms with Crippen molar-refractivity contribution in [1.82, 2.24) is 0 Å². The van der Waals surface area contributed by atoms with Crippen LogP contribution in [0.25, 0.3) is 11.1 Å². The van der Waals surface area contributed by atoms with Crippen molar-refractivity contribution >= 4 is 11.9 Å². The summed E-state index contributed by atoms with van der Waals surface area (Å²) in [4.78, 5) is 24.1. The van der Waals surface area contributed by atoms with Crippen LogP contribution in [0.2, 0.25) is 0 Å². The SMILES string of the molecule is C/C=C(\C)C(C)(C)CC(C)CC(=O)Oc1ccc(-c2ccc(F)cc2F)cc1C(=O)O. The molecule has 0 heterocycles. The fourth-order valence-corrected chi connectivity index (χ4v) is 3.62. The molecule has 0 saturated carbocycles. The average Bonchev–Trinajstić information content (AvgIpc) is 2.66. The maximum atomic E-state index is 14.1. The van der Waals surface area contributed by atoms with E-state index in [0.29, 0.717) is 0 Å². The lowest BCUT2D eigenvalue weighted by atomic mass is 9.77. The Labute approximate surface area is 181 Å². The first kappa shape index (κ1) is 24.3. The molecule has 2 aromatic carbocycles. The molecular formula is C25H28F2O4. The zero-order valence-electron chi connectivity index (χ0n) is 18.5. The maximum absolute atomic E-state index is 14.1. The van der Waals surface area contributed by atoms with Gasteiger partial charge in [0.05, 0.1) is 0 Å². The standard InChI is InChI=1S/C25H28F2O4/c1-6-16(3)25(4,5)14-15(2)11-23(28)31-22-10-7-17(12-20(22)24(29)30)19-9-8-18(26)13-21(19)27/h6-10,12-13,15H,11,14H2,1-5H3,(H,29,30)/b16-6+. The molecule has 0 aliphatic carbocycles. The minimum atomic E-state index is -1.31. The van der Waals surface area contributed by atoms with Crippen molar-refractivity contribution in [3.63, 3.8) is 0 Å². The summed E-state index contributed by atoms with van der Waals surface area (Å²) >= 11 is 0. The lowest BCUT2D eigenvalue weighted by Gasteiger charge is -2.29. The predicted molar refractivity (Wildman–Crippen MR) is 116 cm³/mol. The second-order valence-corrected chi connectivity index (χ2v) is 8.48. The largest absolute Gasteiger partial charge is 0.478 e. The first-order valence-electron chi connectivity index (χ1n) is 10.1. The van der Waals surface area contributed by atoms with Gasteiger partial charge < -0.3 is 9.84 Å². The van der Waals surface area contributed by atoms with Crippen LogP contribution in [0.4, 0.5) is 8.78 Å². The highest BCUT2D eigenvalue weighted by Crippen LogP contribution is 2.35. The third kappa shape index (κ3) is 6.23. The number of esters is 1. The first-order valence-corrected chi connectivity index (χ1v) is 10.1. The van der Waals surface area contributed by atoms with E-state index in [2.05, 4.69) is 26.8 Å². The number of carboxylic acids is 1. The predicted octanol–water partition coefficient (Wildman–Crippen LogP) is 6.64. The van der Waals surface area contributed by atoms with Crippen LogP contribution in [0.1, 0.15) is 57.8 Å². The van der Waals surface area contributed by atoms with Crippen molar-refractivity contribution in [3.05, 3.63) is 65.2 Å². The molecule has 1 unspecified atom stereocenters. The van der Waals surface area contributed by atoms with Gasteiger partial charge in [-0.3, -0.25) is 4.79 Å². The molecule has 2 aromatic rings. The number of hydrogen-bond donors (Lipinski definition) is 1. The number of carboxylic acid groups (broad SMARTS) is 1.